The van der Waals surface area contributed by atoms with Gasteiger partial charge in [-0.15, -0.1) is 0 Å². The molecule has 0 unspecified atom stereocenters. The summed E-state index contributed by atoms with van der Waals surface area (Å²) in [7, 11) is 1.58. The Labute approximate surface area is 199 Å². The number of carbonyl (C=O) groups excluding carboxylic acids is 1. The lowest BCUT2D eigenvalue weighted by molar-refractivity contribution is -0.384. The van der Waals surface area contributed by atoms with Crippen molar-refractivity contribution in [3.05, 3.63) is 98.9 Å². The Morgan fingerprint density at radius 3 is 2.45 bits per heavy atom. The van der Waals surface area contributed by atoms with Crippen molar-refractivity contribution in [1.82, 2.24) is 0 Å². The van der Waals surface area contributed by atoms with Crippen LogP contribution in [0.3, 0.4) is 0 Å². The lowest BCUT2D eigenvalue weighted by Crippen LogP contribution is -2.27. The first-order valence-electron chi connectivity index (χ1n) is 9.83. The quantitative estimate of drug-likeness (QED) is 0.190. The first-order valence-corrected chi connectivity index (χ1v) is 11.1. The summed E-state index contributed by atoms with van der Waals surface area (Å²) in [6.07, 6.45) is 1.78. The topological polar surface area (TPSA) is 81.9 Å². The first kappa shape index (κ1) is 22.5. The Morgan fingerprint density at radius 2 is 1.79 bits per heavy atom. The summed E-state index contributed by atoms with van der Waals surface area (Å²) in [6, 6.07) is 20.7. The van der Waals surface area contributed by atoms with Crippen molar-refractivity contribution in [2.75, 3.05) is 12.0 Å². The van der Waals surface area contributed by atoms with Crippen molar-refractivity contribution >= 4 is 51.7 Å². The molecule has 0 spiro atoms. The Bertz CT molecular complexity index is 1240. The van der Waals surface area contributed by atoms with Crippen molar-refractivity contribution in [3.63, 3.8) is 0 Å². The number of carbonyl (C=O) groups is 1. The maximum Gasteiger partial charge on any atom is 0.270 e. The first-order chi connectivity index (χ1) is 15.9. The van der Waals surface area contributed by atoms with E-state index in [0.717, 1.165) is 11.1 Å². The lowest BCUT2D eigenvalue weighted by atomic mass is 10.2. The number of nitro benzene ring substituents is 1. The van der Waals surface area contributed by atoms with Crippen molar-refractivity contribution in [2.45, 2.75) is 6.61 Å². The van der Waals surface area contributed by atoms with Gasteiger partial charge in [-0.2, -0.15) is 0 Å². The third kappa shape index (κ3) is 5.21. The van der Waals surface area contributed by atoms with Gasteiger partial charge in [-0.1, -0.05) is 36.1 Å². The largest absolute Gasteiger partial charge is 0.497 e. The number of thiocarbonyl (C=S) groups is 1. The molecule has 9 heteroatoms. The average Bonchev–Trinajstić information content (AvgIpc) is 3.10. The van der Waals surface area contributed by atoms with E-state index >= 15 is 0 Å². The Balaban J connectivity index is 1.46. The second-order valence-corrected chi connectivity index (χ2v) is 8.68. The lowest BCUT2D eigenvalue weighted by Gasteiger charge is -2.14. The average molecular weight is 479 g/mol. The van der Waals surface area contributed by atoms with Crippen LogP contribution in [0.5, 0.6) is 11.5 Å². The van der Waals surface area contributed by atoms with E-state index in [0.29, 0.717) is 26.4 Å². The summed E-state index contributed by atoms with van der Waals surface area (Å²) in [4.78, 5) is 25.3. The van der Waals surface area contributed by atoms with Gasteiger partial charge in [0.05, 0.1) is 22.6 Å². The molecule has 7 nitrogen and oxygen atoms in total. The maximum atomic E-state index is 13.0. The number of ether oxygens (including phenoxy) is 2. The van der Waals surface area contributed by atoms with Crippen LogP contribution in [0.15, 0.2) is 77.7 Å². The number of nitrogens with zero attached hydrogens (tertiary/aromatic N) is 2. The highest BCUT2D eigenvalue weighted by molar-refractivity contribution is 8.27. The van der Waals surface area contributed by atoms with Gasteiger partial charge in [-0.05, 0) is 65.7 Å². The van der Waals surface area contributed by atoms with Crippen LogP contribution in [-0.2, 0) is 11.4 Å². The molecule has 1 fully saturated rings. The minimum Gasteiger partial charge on any atom is -0.497 e. The van der Waals surface area contributed by atoms with E-state index in [4.69, 9.17) is 21.7 Å². The van der Waals surface area contributed by atoms with Crippen LogP contribution in [0.4, 0.5) is 11.4 Å². The third-order valence-corrected chi connectivity index (χ3v) is 6.14. The highest BCUT2D eigenvalue weighted by atomic mass is 32.2. The predicted octanol–water partition coefficient (Wildman–Crippen LogP) is 5.59. The van der Waals surface area contributed by atoms with E-state index in [1.54, 1.807) is 49.6 Å². The summed E-state index contributed by atoms with van der Waals surface area (Å²) < 4.78 is 11.4. The molecule has 33 heavy (non-hydrogen) atoms. The number of anilines is 1. The molecule has 0 atom stereocenters. The fraction of sp³-hybridized carbons (Fsp3) is 0.0833. The number of hydrogen-bond acceptors (Lipinski definition) is 7. The smallest absolute Gasteiger partial charge is 0.270 e. The molecule has 1 aliphatic rings. The van der Waals surface area contributed by atoms with Gasteiger partial charge in [0.2, 0.25) is 0 Å². The minimum absolute atomic E-state index is 0.0349. The number of amides is 1. The predicted molar refractivity (Wildman–Crippen MR) is 133 cm³/mol. The molecule has 0 radical (unpaired) electrons. The molecule has 0 aliphatic carbocycles. The molecule has 4 rings (SSSR count). The fourth-order valence-corrected chi connectivity index (χ4v) is 4.45. The van der Waals surface area contributed by atoms with E-state index in [9.17, 15) is 14.9 Å². The zero-order valence-electron chi connectivity index (χ0n) is 17.5. The number of methoxy groups -OCH3 is 1. The summed E-state index contributed by atoms with van der Waals surface area (Å²) in [6.45, 7) is 0.265. The monoisotopic (exact) mass is 478 g/mol. The molecule has 0 aromatic heterocycles. The second kappa shape index (κ2) is 9.85. The van der Waals surface area contributed by atoms with Crippen LogP contribution < -0.4 is 14.4 Å². The van der Waals surface area contributed by atoms with Crippen LogP contribution in [0.2, 0.25) is 0 Å². The molecule has 1 saturated heterocycles. The third-order valence-electron chi connectivity index (χ3n) is 4.83. The second-order valence-electron chi connectivity index (χ2n) is 7.00. The van der Waals surface area contributed by atoms with Crippen LogP contribution in [-0.4, -0.2) is 22.3 Å². The van der Waals surface area contributed by atoms with Gasteiger partial charge in [0, 0.05) is 12.1 Å². The Hall–Kier alpha value is -3.69. The molecule has 1 aliphatic heterocycles. The summed E-state index contributed by atoms with van der Waals surface area (Å²) in [5.74, 6) is 1.13. The molecule has 0 bridgehead atoms. The van der Waals surface area contributed by atoms with Crippen LogP contribution in [0, 0.1) is 10.1 Å². The number of rotatable bonds is 7. The summed E-state index contributed by atoms with van der Waals surface area (Å²) in [5, 5.41) is 10.8. The maximum absolute atomic E-state index is 13.0. The zero-order valence-corrected chi connectivity index (χ0v) is 19.1. The van der Waals surface area contributed by atoms with E-state index in [2.05, 4.69) is 0 Å². The molecule has 3 aromatic carbocycles. The Kier molecular flexibility index (Phi) is 6.71. The zero-order chi connectivity index (χ0) is 23.4. The molecule has 166 valence electrons. The SMILES string of the molecule is COc1ccc(N2C(=O)/C(=C/c3cccc(OCc4ccc([N+](=O)[O-])cc4)c3)SC2=S)cc1. The van der Waals surface area contributed by atoms with Crippen molar-refractivity contribution in [1.29, 1.82) is 0 Å². The highest BCUT2D eigenvalue weighted by Crippen LogP contribution is 2.36. The van der Waals surface area contributed by atoms with Crippen LogP contribution in [0.25, 0.3) is 6.08 Å². The summed E-state index contributed by atoms with van der Waals surface area (Å²) >= 11 is 6.67. The van der Waals surface area contributed by atoms with Crippen molar-refractivity contribution < 1.29 is 19.2 Å². The standard InChI is InChI=1S/C24H18N2O5S2/c1-30-20-11-9-18(10-12-20)25-23(27)22(33-24(25)32)14-17-3-2-4-21(13-17)31-15-16-5-7-19(8-6-16)26(28)29/h2-14H,15H2,1H3/b22-14-. The molecule has 0 N–H and O–H groups in total. The van der Waals surface area contributed by atoms with Gasteiger partial charge >= 0.3 is 0 Å². The van der Waals surface area contributed by atoms with Gasteiger partial charge in [0.15, 0.2) is 4.32 Å². The fourth-order valence-electron chi connectivity index (χ4n) is 3.15. The van der Waals surface area contributed by atoms with E-state index in [1.807, 2.05) is 24.3 Å². The van der Waals surface area contributed by atoms with Gasteiger partial charge in [0.1, 0.15) is 18.1 Å². The Morgan fingerprint density at radius 1 is 1.06 bits per heavy atom. The normalized spacial score (nSPS) is 14.6. The number of thioether (sulfide) groups is 1. The number of nitro groups is 1. The van der Waals surface area contributed by atoms with E-state index in [-0.39, 0.29) is 18.2 Å². The summed E-state index contributed by atoms with van der Waals surface area (Å²) in [5.41, 5.74) is 2.33. The highest BCUT2D eigenvalue weighted by Gasteiger charge is 2.33. The van der Waals surface area contributed by atoms with Gasteiger partial charge in [-0.25, -0.2) is 0 Å². The number of non-ortho nitro benzene ring substituents is 1. The molecule has 1 heterocycles. The number of benzene rings is 3. The van der Waals surface area contributed by atoms with Crippen LogP contribution in [0.1, 0.15) is 11.1 Å². The molecular formula is C24H18N2O5S2. The molecular weight excluding hydrogens is 460 g/mol. The van der Waals surface area contributed by atoms with Crippen molar-refractivity contribution in [2.24, 2.45) is 0 Å². The van der Waals surface area contributed by atoms with Gasteiger partial charge < -0.3 is 9.47 Å². The number of hydrogen-bond donors (Lipinski definition) is 0. The molecule has 3 aromatic rings. The van der Waals surface area contributed by atoms with Gasteiger partial charge in [-0.3, -0.25) is 19.8 Å². The minimum atomic E-state index is -0.439. The van der Waals surface area contributed by atoms with E-state index in [1.165, 1.54) is 28.8 Å². The molecule has 1 amide bonds. The van der Waals surface area contributed by atoms with Crippen LogP contribution >= 0.6 is 24.0 Å². The van der Waals surface area contributed by atoms with E-state index < -0.39 is 4.92 Å². The van der Waals surface area contributed by atoms with Crippen molar-refractivity contribution in [3.8, 4) is 11.5 Å². The molecule has 0 saturated carbocycles. The van der Waals surface area contributed by atoms with Gasteiger partial charge in [0.25, 0.3) is 11.6 Å².